The van der Waals surface area contributed by atoms with Gasteiger partial charge in [-0.25, -0.2) is 4.39 Å². The highest BCUT2D eigenvalue weighted by molar-refractivity contribution is 5.79. The molecule has 0 radical (unpaired) electrons. The molecule has 2 nitrogen and oxygen atoms in total. The van der Waals surface area contributed by atoms with Crippen molar-refractivity contribution in [3.05, 3.63) is 35.6 Å². The molecule has 0 unspecified atom stereocenters. The molecule has 2 aliphatic rings. The van der Waals surface area contributed by atoms with Crippen LogP contribution in [0.1, 0.15) is 50.5 Å². The van der Waals surface area contributed by atoms with Crippen molar-refractivity contribution in [3.63, 3.8) is 0 Å². The standard InChI is InChI=1S/C17H22FNO/c18-15-8-4-5-13(11-15)12-19(16-9-10-16)17(20)14-6-2-1-3-7-14/h4-5,8,11,14,16H,1-3,6-7,9-10,12H2. The van der Waals surface area contributed by atoms with E-state index >= 15 is 0 Å². The number of nitrogens with zero attached hydrogens (tertiary/aromatic N) is 1. The molecule has 0 atom stereocenters. The van der Waals surface area contributed by atoms with Gasteiger partial charge in [0, 0.05) is 18.5 Å². The van der Waals surface area contributed by atoms with Crippen LogP contribution in [0.3, 0.4) is 0 Å². The second-order valence-corrected chi connectivity index (χ2v) is 6.16. The molecule has 3 heteroatoms. The summed E-state index contributed by atoms with van der Waals surface area (Å²) in [5, 5.41) is 0. The van der Waals surface area contributed by atoms with Crippen molar-refractivity contribution in [3.8, 4) is 0 Å². The molecule has 0 N–H and O–H groups in total. The van der Waals surface area contributed by atoms with Crippen LogP contribution in [0.5, 0.6) is 0 Å². The number of rotatable bonds is 4. The van der Waals surface area contributed by atoms with Crippen LogP contribution in [-0.2, 0) is 11.3 Å². The number of carbonyl (C=O) groups excluding carboxylic acids is 1. The number of benzene rings is 1. The molecule has 2 saturated carbocycles. The maximum absolute atomic E-state index is 13.3. The molecule has 3 rings (SSSR count). The van der Waals surface area contributed by atoms with Crippen molar-refractivity contribution in [2.45, 2.75) is 57.5 Å². The van der Waals surface area contributed by atoms with Gasteiger partial charge in [0.25, 0.3) is 0 Å². The van der Waals surface area contributed by atoms with E-state index in [1.165, 1.54) is 25.3 Å². The van der Waals surface area contributed by atoms with E-state index in [2.05, 4.69) is 0 Å². The van der Waals surface area contributed by atoms with E-state index in [1.54, 1.807) is 12.1 Å². The summed E-state index contributed by atoms with van der Waals surface area (Å²) in [6.45, 7) is 0.567. The van der Waals surface area contributed by atoms with Crippen LogP contribution in [0.15, 0.2) is 24.3 Å². The predicted molar refractivity (Wildman–Crippen MR) is 76.5 cm³/mol. The molecule has 1 aromatic rings. The molecule has 2 fully saturated rings. The third-order valence-electron chi connectivity index (χ3n) is 4.47. The van der Waals surface area contributed by atoms with Crippen LogP contribution in [0.4, 0.5) is 4.39 Å². The van der Waals surface area contributed by atoms with E-state index in [0.717, 1.165) is 31.2 Å². The molecule has 0 bridgehead atoms. The van der Waals surface area contributed by atoms with E-state index in [-0.39, 0.29) is 11.7 Å². The minimum atomic E-state index is -0.219. The van der Waals surface area contributed by atoms with E-state index in [0.29, 0.717) is 18.5 Å². The maximum atomic E-state index is 13.3. The highest BCUT2D eigenvalue weighted by Gasteiger charge is 2.36. The lowest BCUT2D eigenvalue weighted by Gasteiger charge is -2.29. The quantitative estimate of drug-likeness (QED) is 0.816. The largest absolute Gasteiger partial charge is 0.335 e. The summed E-state index contributed by atoms with van der Waals surface area (Å²) in [6, 6.07) is 7.03. The molecule has 0 aromatic heterocycles. The van der Waals surface area contributed by atoms with Gasteiger partial charge in [-0.2, -0.15) is 0 Å². The SMILES string of the molecule is O=C(C1CCCCC1)N(Cc1cccc(F)c1)C1CC1. The minimum absolute atomic E-state index is 0.206. The van der Waals surface area contributed by atoms with Crippen molar-refractivity contribution in [2.75, 3.05) is 0 Å². The fourth-order valence-corrected chi connectivity index (χ4v) is 3.19. The summed E-state index contributed by atoms with van der Waals surface area (Å²) in [7, 11) is 0. The zero-order valence-electron chi connectivity index (χ0n) is 11.9. The Morgan fingerprint density at radius 3 is 2.55 bits per heavy atom. The Labute approximate surface area is 120 Å². The fourth-order valence-electron chi connectivity index (χ4n) is 3.19. The van der Waals surface area contributed by atoms with Crippen molar-refractivity contribution in [2.24, 2.45) is 5.92 Å². The average Bonchev–Trinajstić information content (AvgIpc) is 3.30. The second-order valence-electron chi connectivity index (χ2n) is 6.16. The highest BCUT2D eigenvalue weighted by Crippen LogP contribution is 2.33. The van der Waals surface area contributed by atoms with Crippen molar-refractivity contribution < 1.29 is 9.18 Å². The first-order chi connectivity index (χ1) is 9.74. The Morgan fingerprint density at radius 2 is 1.90 bits per heavy atom. The maximum Gasteiger partial charge on any atom is 0.226 e. The van der Waals surface area contributed by atoms with Crippen LogP contribution in [-0.4, -0.2) is 16.8 Å². The Kier molecular flexibility index (Phi) is 4.04. The minimum Gasteiger partial charge on any atom is -0.335 e. The lowest BCUT2D eigenvalue weighted by Crippen LogP contribution is -2.38. The van der Waals surface area contributed by atoms with Gasteiger partial charge >= 0.3 is 0 Å². The third-order valence-corrected chi connectivity index (χ3v) is 4.47. The Bertz CT molecular complexity index is 478. The molecular weight excluding hydrogens is 253 g/mol. The van der Waals surface area contributed by atoms with Gasteiger partial charge in [-0.05, 0) is 43.4 Å². The first-order valence-corrected chi connectivity index (χ1v) is 7.79. The first kappa shape index (κ1) is 13.6. The number of hydrogen-bond acceptors (Lipinski definition) is 1. The summed E-state index contributed by atoms with van der Waals surface area (Å²) in [6.07, 6.45) is 7.89. The van der Waals surface area contributed by atoms with Gasteiger partial charge in [0.15, 0.2) is 0 Å². The lowest BCUT2D eigenvalue weighted by molar-refractivity contribution is -0.137. The molecule has 2 aliphatic carbocycles. The van der Waals surface area contributed by atoms with Crippen LogP contribution >= 0.6 is 0 Å². The predicted octanol–water partition coefficient (Wildman–Crippen LogP) is 3.90. The number of halogens is 1. The molecule has 108 valence electrons. The number of carbonyl (C=O) groups is 1. The molecule has 0 saturated heterocycles. The molecular formula is C17H22FNO. The molecule has 0 aliphatic heterocycles. The number of amides is 1. The summed E-state index contributed by atoms with van der Waals surface area (Å²) < 4.78 is 13.3. The second kappa shape index (κ2) is 5.94. The smallest absolute Gasteiger partial charge is 0.226 e. The van der Waals surface area contributed by atoms with Crippen molar-refractivity contribution >= 4 is 5.91 Å². The van der Waals surface area contributed by atoms with Crippen LogP contribution in [0, 0.1) is 11.7 Å². The average molecular weight is 275 g/mol. The van der Waals surface area contributed by atoms with Gasteiger partial charge in [-0.1, -0.05) is 31.4 Å². The summed E-state index contributed by atoms with van der Waals surface area (Å²) in [5.41, 5.74) is 0.904. The third kappa shape index (κ3) is 3.20. The van der Waals surface area contributed by atoms with Crippen molar-refractivity contribution in [1.82, 2.24) is 4.90 Å². The van der Waals surface area contributed by atoms with Crippen LogP contribution in [0.25, 0.3) is 0 Å². The van der Waals surface area contributed by atoms with Crippen LogP contribution in [0.2, 0.25) is 0 Å². The molecule has 1 amide bonds. The van der Waals surface area contributed by atoms with Gasteiger partial charge in [0.05, 0.1) is 0 Å². The summed E-state index contributed by atoms with van der Waals surface area (Å²) >= 11 is 0. The topological polar surface area (TPSA) is 20.3 Å². The van der Waals surface area contributed by atoms with Gasteiger partial charge in [0.2, 0.25) is 5.91 Å². The van der Waals surface area contributed by atoms with Gasteiger partial charge in [0.1, 0.15) is 5.82 Å². The zero-order chi connectivity index (χ0) is 13.9. The monoisotopic (exact) mass is 275 g/mol. The Balaban J connectivity index is 1.70. The summed E-state index contributed by atoms with van der Waals surface area (Å²) in [4.78, 5) is 14.7. The van der Waals surface area contributed by atoms with Crippen molar-refractivity contribution in [1.29, 1.82) is 0 Å². The number of hydrogen-bond donors (Lipinski definition) is 0. The summed E-state index contributed by atoms with van der Waals surface area (Å²) in [5.74, 6) is 0.290. The van der Waals surface area contributed by atoms with Gasteiger partial charge in [-0.3, -0.25) is 4.79 Å². The van der Waals surface area contributed by atoms with Gasteiger partial charge < -0.3 is 4.90 Å². The fraction of sp³-hybridized carbons (Fsp3) is 0.588. The Morgan fingerprint density at radius 1 is 1.15 bits per heavy atom. The molecule has 1 aromatic carbocycles. The van der Waals surface area contributed by atoms with Gasteiger partial charge in [-0.15, -0.1) is 0 Å². The zero-order valence-corrected chi connectivity index (χ0v) is 11.9. The molecule has 0 heterocycles. The first-order valence-electron chi connectivity index (χ1n) is 7.79. The normalized spacial score (nSPS) is 19.9. The lowest BCUT2D eigenvalue weighted by atomic mass is 9.88. The van der Waals surface area contributed by atoms with E-state index < -0.39 is 0 Å². The molecule has 0 spiro atoms. The van der Waals surface area contributed by atoms with E-state index in [9.17, 15) is 9.18 Å². The highest BCUT2D eigenvalue weighted by atomic mass is 19.1. The molecule has 20 heavy (non-hydrogen) atoms. The van der Waals surface area contributed by atoms with E-state index in [1.807, 2.05) is 11.0 Å². The Hall–Kier alpha value is -1.38. The van der Waals surface area contributed by atoms with Crippen LogP contribution < -0.4 is 0 Å². The van der Waals surface area contributed by atoms with E-state index in [4.69, 9.17) is 0 Å².